The Morgan fingerprint density at radius 3 is 2.15 bits per heavy atom. The number of hydrogen-bond donors (Lipinski definition) is 0. The maximum atomic E-state index is 13.3. The minimum atomic E-state index is -0.619. The molecule has 0 bridgehead atoms. The maximum Gasteiger partial charge on any atom is 0.126 e. The zero-order valence-electron chi connectivity index (χ0n) is 11.0. The Morgan fingerprint density at radius 2 is 1.60 bits per heavy atom. The van der Waals surface area contributed by atoms with Crippen LogP contribution < -0.4 is 9.47 Å². The summed E-state index contributed by atoms with van der Waals surface area (Å²) in [6.45, 7) is 0. The van der Waals surface area contributed by atoms with Gasteiger partial charge < -0.3 is 9.47 Å². The third kappa shape index (κ3) is 3.10. The number of methoxy groups -OCH3 is 2. The van der Waals surface area contributed by atoms with Crippen molar-refractivity contribution in [3.63, 3.8) is 0 Å². The lowest BCUT2D eigenvalue weighted by molar-refractivity contribution is 0.399. The molecule has 0 N–H and O–H groups in total. The second kappa shape index (κ2) is 6.22. The summed E-state index contributed by atoms with van der Waals surface area (Å²) >= 11 is 3.45. The molecule has 106 valence electrons. The van der Waals surface area contributed by atoms with E-state index in [2.05, 4.69) is 15.9 Å². The normalized spacial score (nSPS) is 12.1. The molecular formula is C15H13BrF2O2. The molecule has 2 aromatic rings. The molecule has 0 amide bonds. The average molecular weight is 343 g/mol. The van der Waals surface area contributed by atoms with E-state index in [1.165, 1.54) is 19.2 Å². The quantitative estimate of drug-likeness (QED) is 0.763. The van der Waals surface area contributed by atoms with E-state index in [0.29, 0.717) is 17.1 Å². The molecule has 2 aromatic carbocycles. The molecule has 2 nitrogen and oxygen atoms in total. The van der Waals surface area contributed by atoms with Crippen LogP contribution in [0, 0.1) is 11.6 Å². The van der Waals surface area contributed by atoms with Crippen molar-refractivity contribution >= 4 is 15.9 Å². The van der Waals surface area contributed by atoms with E-state index in [4.69, 9.17) is 9.47 Å². The highest BCUT2D eigenvalue weighted by Crippen LogP contribution is 2.38. The van der Waals surface area contributed by atoms with Gasteiger partial charge in [0.25, 0.3) is 0 Å². The van der Waals surface area contributed by atoms with Crippen LogP contribution in [0.3, 0.4) is 0 Å². The lowest BCUT2D eigenvalue weighted by Crippen LogP contribution is -1.99. The summed E-state index contributed by atoms with van der Waals surface area (Å²) in [7, 11) is 3.09. The van der Waals surface area contributed by atoms with Gasteiger partial charge in [0.05, 0.1) is 19.0 Å². The van der Waals surface area contributed by atoms with Crippen LogP contribution >= 0.6 is 15.9 Å². The molecule has 0 spiro atoms. The van der Waals surface area contributed by atoms with Gasteiger partial charge in [0.2, 0.25) is 0 Å². The molecule has 0 fully saturated rings. The van der Waals surface area contributed by atoms with E-state index in [-0.39, 0.29) is 0 Å². The van der Waals surface area contributed by atoms with Crippen LogP contribution in [-0.2, 0) is 0 Å². The summed E-state index contributed by atoms with van der Waals surface area (Å²) < 4.78 is 37.1. The SMILES string of the molecule is COc1ccc(OC)c(C(Br)c2cc(F)cc(F)c2)c1. The lowest BCUT2D eigenvalue weighted by Gasteiger charge is -2.16. The highest BCUT2D eigenvalue weighted by molar-refractivity contribution is 9.09. The van der Waals surface area contributed by atoms with Gasteiger partial charge in [-0.25, -0.2) is 8.78 Å². The Balaban J connectivity index is 2.48. The van der Waals surface area contributed by atoms with Crippen molar-refractivity contribution in [1.82, 2.24) is 0 Å². The molecule has 0 aliphatic carbocycles. The molecular weight excluding hydrogens is 330 g/mol. The smallest absolute Gasteiger partial charge is 0.126 e. The average Bonchev–Trinajstić information content (AvgIpc) is 2.44. The van der Waals surface area contributed by atoms with E-state index < -0.39 is 16.5 Å². The summed E-state index contributed by atoms with van der Waals surface area (Å²) in [5.41, 5.74) is 1.20. The number of rotatable bonds is 4. The van der Waals surface area contributed by atoms with Gasteiger partial charge in [-0.15, -0.1) is 0 Å². The molecule has 20 heavy (non-hydrogen) atoms. The highest BCUT2D eigenvalue weighted by atomic mass is 79.9. The Bertz CT molecular complexity index is 597. The van der Waals surface area contributed by atoms with Crippen LogP contribution in [0.15, 0.2) is 36.4 Å². The van der Waals surface area contributed by atoms with Gasteiger partial charge >= 0.3 is 0 Å². The van der Waals surface area contributed by atoms with Crippen molar-refractivity contribution in [2.24, 2.45) is 0 Å². The first-order valence-electron chi connectivity index (χ1n) is 5.87. The predicted octanol–water partition coefficient (Wildman–Crippen LogP) is 4.47. The third-order valence-corrected chi connectivity index (χ3v) is 3.91. The number of ether oxygens (including phenoxy) is 2. The molecule has 2 rings (SSSR count). The molecule has 1 unspecified atom stereocenters. The van der Waals surface area contributed by atoms with Gasteiger partial charge in [0.15, 0.2) is 0 Å². The van der Waals surface area contributed by atoms with Crippen molar-refractivity contribution in [3.05, 3.63) is 59.2 Å². The standard InChI is InChI=1S/C15H13BrF2O2/c1-19-12-3-4-14(20-2)13(8-12)15(16)9-5-10(17)7-11(18)6-9/h3-8,15H,1-2H3. The fraction of sp³-hybridized carbons (Fsp3) is 0.200. The second-order valence-electron chi connectivity index (χ2n) is 4.17. The molecule has 0 aromatic heterocycles. The van der Waals surface area contributed by atoms with E-state index in [9.17, 15) is 8.78 Å². The number of halogens is 3. The summed E-state index contributed by atoms with van der Waals surface area (Å²) in [6, 6.07) is 8.67. The molecule has 1 atom stereocenters. The van der Waals surface area contributed by atoms with Crippen LogP contribution in [0.2, 0.25) is 0 Å². The minimum absolute atomic E-state index is 0.405. The van der Waals surface area contributed by atoms with E-state index >= 15 is 0 Å². The van der Waals surface area contributed by atoms with Gasteiger partial charge in [-0.3, -0.25) is 0 Å². The zero-order chi connectivity index (χ0) is 14.7. The van der Waals surface area contributed by atoms with Gasteiger partial charge in [0, 0.05) is 11.6 Å². The monoisotopic (exact) mass is 342 g/mol. The Kier molecular flexibility index (Phi) is 4.60. The largest absolute Gasteiger partial charge is 0.497 e. The van der Waals surface area contributed by atoms with Crippen molar-refractivity contribution < 1.29 is 18.3 Å². The summed E-state index contributed by atoms with van der Waals surface area (Å²) in [5, 5.41) is 0. The maximum absolute atomic E-state index is 13.3. The van der Waals surface area contributed by atoms with Crippen LogP contribution in [0.4, 0.5) is 8.78 Å². The predicted molar refractivity (Wildman–Crippen MR) is 76.7 cm³/mol. The molecule has 0 aliphatic heterocycles. The van der Waals surface area contributed by atoms with Crippen LogP contribution in [0.5, 0.6) is 11.5 Å². The Labute approximate surface area is 124 Å². The first kappa shape index (κ1) is 14.8. The molecule has 0 saturated heterocycles. The van der Waals surface area contributed by atoms with E-state index in [1.54, 1.807) is 25.3 Å². The van der Waals surface area contributed by atoms with Gasteiger partial charge in [-0.1, -0.05) is 15.9 Å². The number of hydrogen-bond acceptors (Lipinski definition) is 2. The van der Waals surface area contributed by atoms with E-state index in [1.807, 2.05) is 0 Å². The lowest BCUT2D eigenvalue weighted by atomic mass is 10.0. The number of alkyl halides is 1. The fourth-order valence-corrected chi connectivity index (χ4v) is 2.56. The highest BCUT2D eigenvalue weighted by Gasteiger charge is 2.18. The van der Waals surface area contributed by atoms with Gasteiger partial charge in [-0.2, -0.15) is 0 Å². The van der Waals surface area contributed by atoms with Crippen molar-refractivity contribution in [1.29, 1.82) is 0 Å². The topological polar surface area (TPSA) is 18.5 Å². The Hall–Kier alpha value is -1.62. The Morgan fingerprint density at radius 1 is 0.950 bits per heavy atom. The number of benzene rings is 2. The fourth-order valence-electron chi connectivity index (χ4n) is 1.94. The molecule has 0 saturated carbocycles. The molecule has 0 radical (unpaired) electrons. The third-order valence-electron chi connectivity index (χ3n) is 2.89. The zero-order valence-corrected chi connectivity index (χ0v) is 12.6. The van der Waals surface area contributed by atoms with Gasteiger partial charge in [-0.05, 0) is 35.9 Å². The van der Waals surface area contributed by atoms with Crippen LogP contribution in [0.1, 0.15) is 16.0 Å². The van der Waals surface area contributed by atoms with Crippen LogP contribution in [-0.4, -0.2) is 14.2 Å². The van der Waals surface area contributed by atoms with E-state index in [0.717, 1.165) is 11.6 Å². The van der Waals surface area contributed by atoms with Crippen LogP contribution in [0.25, 0.3) is 0 Å². The molecule has 0 aliphatic rings. The van der Waals surface area contributed by atoms with Crippen molar-refractivity contribution in [3.8, 4) is 11.5 Å². The summed E-state index contributed by atoms with van der Waals surface area (Å²) in [4.78, 5) is -0.405. The first-order valence-corrected chi connectivity index (χ1v) is 6.78. The first-order chi connectivity index (χ1) is 9.55. The summed E-state index contributed by atoms with van der Waals surface area (Å²) in [6.07, 6.45) is 0. The second-order valence-corrected chi connectivity index (χ2v) is 5.09. The molecule has 0 heterocycles. The van der Waals surface area contributed by atoms with Crippen molar-refractivity contribution in [2.75, 3.05) is 14.2 Å². The molecule has 5 heteroatoms. The minimum Gasteiger partial charge on any atom is -0.497 e. The van der Waals surface area contributed by atoms with Crippen molar-refractivity contribution in [2.45, 2.75) is 4.83 Å². The summed E-state index contributed by atoms with van der Waals surface area (Å²) in [5.74, 6) is 0.0112. The van der Waals surface area contributed by atoms with Gasteiger partial charge in [0.1, 0.15) is 23.1 Å².